The summed E-state index contributed by atoms with van der Waals surface area (Å²) >= 11 is 0. The molecule has 0 aromatic heterocycles. The molecule has 0 heterocycles. The molecular formula is C7H6NNa2O5S2+. The van der Waals surface area contributed by atoms with Crippen LogP contribution in [0.4, 0.5) is 5.69 Å². The molecule has 1 aromatic carbocycles. The van der Waals surface area contributed by atoms with Crippen molar-refractivity contribution in [3.63, 3.8) is 0 Å². The number of non-ortho nitro benzene ring substituents is 1. The minimum Gasteiger partial charge on any atom is -0.746 e. The fourth-order valence-corrected chi connectivity index (χ4v) is 2.20. The zero-order valence-electron chi connectivity index (χ0n) is 9.32. The van der Waals surface area contributed by atoms with Gasteiger partial charge < -0.3 is 9.11 Å². The van der Waals surface area contributed by atoms with E-state index in [1.165, 1.54) is 24.3 Å². The summed E-state index contributed by atoms with van der Waals surface area (Å²) in [6.07, 6.45) is 0. The van der Waals surface area contributed by atoms with Crippen LogP contribution >= 0.6 is 0 Å². The van der Waals surface area contributed by atoms with Crippen molar-refractivity contribution >= 4 is 25.1 Å². The van der Waals surface area contributed by atoms with E-state index >= 15 is 0 Å². The van der Waals surface area contributed by atoms with Gasteiger partial charge in [-0.1, -0.05) is 12.1 Å². The summed E-state index contributed by atoms with van der Waals surface area (Å²) in [6.45, 7) is 0. The van der Waals surface area contributed by atoms with Crippen molar-refractivity contribution in [2.45, 2.75) is 5.75 Å². The summed E-state index contributed by atoms with van der Waals surface area (Å²) in [7, 11) is -4.16. The summed E-state index contributed by atoms with van der Waals surface area (Å²) in [6, 6.07) is 5.48. The summed E-state index contributed by atoms with van der Waals surface area (Å²) in [4.78, 5) is 9.79. The van der Waals surface area contributed by atoms with E-state index in [-0.39, 0.29) is 80.9 Å². The summed E-state index contributed by atoms with van der Waals surface area (Å²) in [5, 5.41) is 10.4. The molecule has 0 spiro atoms. The maximum absolute atomic E-state index is 10.4. The third-order valence-electron chi connectivity index (χ3n) is 1.49. The topological polar surface area (TPSA) is 106 Å². The van der Waals surface area contributed by atoms with E-state index in [4.69, 9.17) is 0 Å². The molecule has 1 rings (SSSR count). The normalized spacial score (nSPS) is 9.76. The molecule has 0 atom stereocenters. The van der Waals surface area contributed by atoms with Gasteiger partial charge in [0.05, 0.1) is 14.0 Å². The Kier molecular flexibility index (Phi) is 10.6. The monoisotopic (exact) mass is 294 g/mol. The fourth-order valence-electron chi connectivity index (χ4n) is 0.900. The van der Waals surface area contributed by atoms with E-state index in [0.29, 0.717) is 5.56 Å². The first-order chi connectivity index (χ1) is 6.88. The average molecular weight is 294 g/mol. The second-order valence-corrected chi connectivity index (χ2v) is 5.87. The van der Waals surface area contributed by atoms with E-state index < -0.39 is 14.0 Å². The van der Waals surface area contributed by atoms with Gasteiger partial charge in [0.1, 0.15) is 0 Å². The fraction of sp³-hybridized carbons (Fsp3) is 0.143. The van der Waals surface area contributed by atoms with Crippen molar-refractivity contribution in [2.75, 3.05) is 0 Å². The van der Waals surface area contributed by atoms with Gasteiger partial charge in [0.25, 0.3) is 5.69 Å². The standard InChI is InChI=1S/C7H7NO5S2.2Na/c9-8(10)7-3-1-2-6(4-7)5-14-15(11,12)13;;/h1-4H,5H2,(H-,11,12,13);;/q;2*+1/p-1. The van der Waals surface area contributed by atoms with Gasteiger partial charge in [-0.15, -0.1) is 0 Å². The molecule has 0 aliphatic rings. The number of hydrogen-bond acceptors (Lipinski definition) is 5. The Bertz CT molecular complexity index is 493. The van der Waals surface area contributed by atoms with E-state index in [1.54, 1.807) is 0 Å². The van der Waals surface area contributed by atoms with Crippen LogP contribution < -0.4 is 59.1 Å². The van der Waals surface area contributed by atoms with Gasteiger partial charge in [-0.25, -0.2) is 4.21 Å². The number of nitro groups is 1. The molecule has 10 heteroatoms. The number of nitro benzene ring substituents is 1. The van der Waals surface area contributed by atoms with Crippen LogP contribution in [0.25, 0.3) is 0 Å². The molecule has 0 aliphatic carbocycles. The van der Waals surface area contributed by atoms with Gasteiger partial charge in [0.15, 0.2) is 0 Å². The largest absolute Gasteiger partial charge is 1.00 e. The van der Waals surface area contributed by atoms with Crippen molar-refractivity contribution in [3.05, 3.63) is 39.9 Å². The predicted octanol–water partition coefficient (Wildman–Crippen LogP) is -5.35. The Balaban J connectivity index is 0. The van der Waals surface area contributed by atoms with Gasteiger partial charge in [0.2, 0.25) is 16.1 Å². The molecule has 1 aromatic rings. The molecule has 0 saturated heterocycles. The molecule has 0 saturated carbocycles. The van der Waals surface area contributed by atoms with Crippen LogP contribution in [0, 0.1) is 10.1 Å². The van der Waals surface area contributed by atoms with Crippen LogP contribution in [0.2, 0.25) is 0 Å². The molecule has 82 valence electrons. The van der Waals surface area contributed by atoms with Crippen molar-refractivity contribution < 1.29 is 77.4 Å². The van der Waals surface area contributed by atoms with Crippen molar-refractivity contribution in [3.8, 4) is 0 Å². The van der Waals surface area contributed by atoms with E-state index in [2.05, 4.69) is 0 Å². The van der Waals surface area contributed by atoms with Crippen LogP contribution in [-0.4, -0.2) is 18.2 Å². The van der Waals surface area contributed by atoms with Crippen LogP contribution in [-0.2, 0) is 25.1 Å². The zero-order valence-corrected chi connectivity index (χ0v) is 15.0. The summed E-state index contributed by atoms with van der Waals surface area (Å²) < 4.78 is 30.9. The van der Waals surface area contributed by atoms with Crippen LogP contribution in [0.1, 0.15) is 5.56 Å². The number of benzene rings is 1. The molecule has 0 aliphatic heterocycles. The number of nitrogens with zero attached hydrogens (tertiary/aromatic N) is 1. The van der Waals surface area contributed by atoms with Crippen molar-refractivity contribution in [1.82, 2.24) is 0 Å². The Hall–Kier alpha value is 0.910. The quantitative estimate of drug-likeness (QED) is 0.239. The SMILES string of the molecule is O=[N+]([O-])c1cccc(C[S+]=S(=O)([O-])[O-])c1.[Na+].[Na+]. The van der Waals surface area contributed by atoms with Crippen LogP contribution in [0.5, 0.6) is 0 Å². The number of hydrogen-bond donors (Lipinski definition) is 0. The maximum Gasteiger partial charge on any atom is 1.00 e. The molecule has 17 heavy (non-hydrogen) atoms. The van der Waals surface area contributed by atoms with Gasteiger partial charge in [-0.2, -0.15) is 0 Å². The first kappa shape index (κ1) is 20.2. The third-order valence-corrected chi connectivity index (χ3v) is 3.45. The molecule has 0 amide bonds. The second kappa shape index (κ2) is 8.92. The minimum absolute atomic E-state index is 0. The van der Waals surface area contributed by atoms with Crippen LogP contribution in [0.15, 0.2) is 24.3 Å². The average Bonchev–Trinajstić information content (AvgIpc) is 2.14. The van der Waals surface area contributed by atoms with Gasteiger partial charge >= 0.3 is 59.1 Å². The first-order valence-corrected chi connectivity index (χ1v) is 6.63. The molecule has 0 fully saturated rings. The minimum atomic E-state index is -4.36. The van der Waals surface area contributed by atoms with Gasteiger partial charge in [0, 0.05) is 17.7 Å². The smallest absolute Gasteiger partial charge is 0.746 e. The van der Waals surface area contributed by atoms with Gasteiger partial charge in [-0.05, 0) is 0 Å². The van der Waals surface area contributed by atoms with Crippen molar-refractivity contribution in [2.24, 2.45) is 0 Å². The molecule has 0 unspecified atom stereocenters. The maximum atomic E-state index is 10.4. The molecule has 0 bridgehead atoms. The second-order valence-electron chi connectivity index (χ2n) is 2.60. The zero-order chi connectivity index (χ0) is 11.5. The number of rotatable bonds is 3. The summed E-state index contributed by atoms with van der Waals surface area (Å²) in [5.41, 5.74) is 0.296. The van der Waals surface area contributed by atoms with Crippen molar-refractivity contribution in [1.29, 1.82) is 0 Å². The predicted molar refractivity (Wildman–Crippen MR) is 53.9 cm³/mol. The Morgan fingerprint density at radius 2 is 1.88 bits per heavy atom. The third kappa shape index (κ3) is 8.60. The Morgan fingerprint density at radius 3 is 2.35 bits per heavy atom. The first-order valence-electron chi connectivity index (χ1n) is 3.72. The van der Waals surface area contributed by atoms with E-state index in [0.717, 1.165) is 0 Å². The van der Waals surface area contributed by atoms with E-state index in [9.17, 15) is 23.4 Å². The molecule has 6 nitrogen and oxygen atoms in total. The van der Waals surface area contributed by atoms with Gasteiger partial charge in [-0.3, -0.25) is 10.1 Å². The molecule has 0 radical (unpaired) electrons. The Labute approximate surface area is 146 Å². The van der Waals surface area contributed by atoms with E-state index in [1.807, 2.05) is 0 Å². The Morgan fingerprint density at radius 1 is 1.29 bits per heavy atom. The summed E-state index contributed by atoms with van der Waals surface area (Å²) in [5.74, 6) is -0.0898. The molecule has 0 N–H and O–H groups in total. The van der Waals surface area contributed by atoms with Crippen LogP contribution in [0.3, 0.4) is 0 Å². The molecular weight excluding hydrogens is 288 g/mol.